The van der Waals surface area contributed by atoms with Crippen molar-refractivity contribution < 1.29 is 31.5 Å². The van der Waals surface area contributed by atoms with E-state index in [9.17, 15) is 26.7 Å². The van der Waals surface area contributed by atoms with Crippen LogP contribution in [-0.4, -0.2) is 37.1 Å². The number of rotatable bonds is 7. The van der Waals surface area contributed by atoms with Crippen molar-refractivity contribution in [3.63, 3.8) is 0 Å². The molecule has 1 aromatic carbocycles. The van der Waals surface area contributed by atoms with E-state index in [1.165, 1.54) is 29.3 Å². The number of hydrogen-bond acceptors (Lipinski definition) is 4. The Kier molecular flexibility index (Phi) is 7.29. The molecule has 2 heterocycles. The lowest BCUT2D eigenvalue weighted by molar-refractivity contribution is -0.137. The third-order valence-electron chi connectivity index (χ3n) is 5.05. The minimum Gasteiger partial charge on any atom is -0.435 e. The van der Waals surface area contributed by atoms with E-state index in [0.29, 0.717) is 32.4 Å². The Morgan fingerprint density at radius 3 is 2.65 bits per heavy atom. The number of carbonyl (C=O) groups is 1. The predicted octanol–water partition coefficient (Wildman–Crippen LogP) is 4.28. The number of anilines is 1. The molecule has 0 bridgehead atoms. The van der Waals surface area contributed by atoms with Gasteiger partial charge in [0.05, 0.1) is 11.5 Å². The Morgan fingerprint density at radius 2 is 1.97 bits per heavy atom. The summed E-state index contributed by atoms with van der Waals surface area (Å²) in [5.74, 6) is -0.776. The van der Waals surface area contributed by atoms with Crippen LogP contribution < -0.4 is 15.0 Å². The van der Waals surface area contributed by atoms with Crippen LogP contribution in [0.15, 0.2) is 42.6 Å². The summed E-state index contributed by atoms with van der Waals surface area (Å²) in [6.45, 7) is -2.01. The van der Waals surface area contributed by atoms with Gasteiger partial charge in [-0.2, -0.15) is 22.0 Å². The normalized spacial score (nSPS) is 17.0. The zero-order chi connectivity index (χ0) is 22.4. The fraction of sp³-hybridized carbons (Fsp3) is 0.429. The van der Waals surface area contributed by atoms with Gasteiger partial charge in [0.2, 0.25) is 5.91 Å². The zero-order valence-electron chi connectivity index (χ0n) is 16.5. The molecular weight excluding hydrogens is 421 g/mol. The van der Waals surface area contributed by atoms with Crippen molar-refractivity contribution in [1.29, 1.82) is 0 Å². The molecule has 168 valence electrons. The molecule has 1 saturated heterocycles. The van der Waals surface area contributed by atoms with Gasteiger partial charge >= 0.3 is 12.8 Å². The van der Waals surface area contributed by atoms with Gasteiger partial charge < -0.3 is 15.0 Å². The highest BCUT2D eigenvalue weighted by atomic mass is 19.4. The van der Waals surface area contributed by atoms with E-state index >= 15 is 0 Å². The molecule has 0 radical (unpaired) electrons. The van der Waals surface area contributed by atoms with E-state index in [-0.39, 0.29) is 24.0 Å². The number of piperidine rings is 1. The maximum absolute atomic E-state index is 13.3. The fourth-order valence-corrected chi connectivity index (χ4v) is 3.57. The second-order valence-corrected chi connectivity index (χ2v) is 7.22. The molecule has 10 heteroatoms. The molecule has 31 heavy (non-hydrogen) atoms. The van der Waals surface area contributed by atoms with Crippen molar-refractivity contribution in [3.05, 3.63) is 53.7 Å². The minimum atomic E-state index is -4.52. The van der Waals surface area contributed by atoms with Gasteiger partial charge in [0.1, 0.15) is 11.6 Å². The molecule has 1 aliphatic heterocycles. The summed E-state index contributed by atoms with van der Waals surface area (Å²) in [6, 6.07) is 8.34. The molecule has 0 aliphatic carbocycles. The Labute approximate surface area is 176 Å². The Hall–Kier alpha value is -2.91. The number of benzene rings is 1. The van der Waals surface area contributed by atoms with E-state index in [4.69, 9.17) is 0 Å². The first-order valence-electron chi connectivity index (χ1n) is 9.82. The molecule has 1 fully saturated rings. The summed E-state index contributed by atoms with van der Waals surface area (Å²) >= 11 is 0. The Morgan fingerprint density at radius 1 is 1.23 bits per heavy atom. The lowest BCUT2D eigenvalue weighted by atomic mass is 9.96. The predicted molar refractivity (Wildman–Crippen MR) is 104 cm³/mol. The molecule has 1 aliphatic rings. The molecular formula is C21H22F5N3O2. The number of nitrogens with one attached hydrogen (secondary N) is 1. The van der Waals surface area contributed by atoms with E-state index in [2.05, 4.69) is 15.0 Å². The van der Waals surface area contributed by atoms with Crippen molar-refractivity contribution in [3.8, 4) is 5.75 Å². The zero-order valence-corrected chi connectivity index (χ0v) is 16.5. The third kappa shape index (κ3) is 6.28. The topological polar surface area (TPSA) is 54.5 Å². The highest BCUT2D eigenvalue weighted by Gasteiger charge is 2.37. The monoisotopic (exact) mass is 443 g/mol. The van der Waals surface area contributed by atoms with E-state index < -0.39 is 24.3 Å². The molecule has 1 N–H and O–H groups in total. The highest BCUT2D eigenvalue weighted by Crippen LogP contribution is 2.36. The maximum atomic E-state index is 13.3. The van der Waals surface area contributed by atoms with Gasteiger partial charge in [-0.05, 0) is 49.1 Å². The molecule has 1 unspecified atom stereocenters. The van der Waals surface area contributed by atoms with Crippen LogP contribution in [0.3, 0.4) is 0 Å². The number of aromatic nitrogens is 1. The lowest BCUT2D eigenvalue weighted by Crippen LogP contribution is -2.44. The summed E-state index contributed by atoms with van der Waals surface area (Å²) in [5.41, 5.74) is 0.0193. The van der Waals surface area contributed by atoms with Crippen LogP contribution in [0.1, 0.15) is 24.0 Å². The smallest absolute Gasteiger partial charge is 0.419 e. The van der Waals surface area contributed by atoms with Crippen LogP contribution >= 0.6 is 0 Å². The van der Waals surface area contributed by atoms with Gasteiger partial charge in [-0.3, -0.25) is 4.79 Å². The van der Waals surface area contributed by atoms with Crippen LogP contribution in [0.5, 0.6) is 5.75 Å². The first kappa shape index (κ1) is 22.8. The van der Waals surface area contributed by atoms with Crippen LogP contribution in [0.4, 0.5) is 27.8 Å². The average Bonchev–Trinajstić information content (AvgIpc) is 2.74. The third-order valence-corrected chi connectivity index (χ3v) is 5.05. The number of halogens is 5. The van der Waals surface area contributed by atoms with Gasteiger partial charge in [-0.15, -0.1) is 0 Å². The number of ether oxygens (including phenoxy) is 1. The van der Waals surface area contributed by atoms with Crippen molar-refractivity contribution in [2.75, 3.05) is 24.5 Å². The largest absolute Gasteiger partial charge is 0.435 e. The molecule has 1 aromatic heterocycles. The standard InChI is InChI=1S/C21H22F5N3O2/c22-20(23)31-16-7-5-14(6-8-16)9-11-28-19(30)15-3-2-12-29(13-15)18-17(21(24,25)26)4-1-10-27-18/h1,4-8,10,15,20H,2-3,9,11-13H2,(H,28,30). The highest BCUT2D eigenvalue weighted by molar-refractivity contribution is 5.79. The molecule has 0 saturated carbocycles. The summed E-state index contributed by atoms with van der Waals surface area (Å²) < 4.78 is 68.5. The Bertz CT molecular complexity index is 874. The van der Waals surface area contributed by atoms with Crippen LogP contribution in [0, 0.1) is 5.92 Å². The molecule has 5 nitrogen and oxygen atoms in total. The number of alkyl halides is 5. The summed E-state index contributed by atoms with van der Waals surface area (Å²) in [7, 11) is 0. The van der Waals surface area contributed by atoms with E-state index in [1.54, 1.807) is 12.1 Å². The minimum absolute atomic E-state index is 0.0535. The second-order valence-electron chi connectivity index (χ2n) is 7.22. The molecule has 2 aromatic rings. The first-order valence-corrected chi connectivity index (χ1v) is 9.82. The quantitative estimate of drug-likeness (QED) is 0.650. The average molecular weight is 443 g/mol. The van der Waals surface area contributed by atoms with Crippen LogP contribution in [-0.2, 0) is 17.4 Å². The number of pyridine rings is 1. The fourth-order valence-electron chi connectivity index (χ4n) is 3.57. The van der Waals surface area contributed by atoms with Gasteiger partial charge in [0.15, 0.2) is 0 Å². The van der Waals surface area contributed by atoms with Crippen molar-refractivity contribution in [2.24, 2.45) is 5.92 Å². The number of hydrogen-bond donors (Lipinski definition) is 1. The first-order chi connectivity index (χ1) is 14.7. The molecule has 1 amide bonds. The number of nitrogens with zero attached hydrogens (tertiary/aromatic N) is 2. The molecule has 3 rings (SSSR count). The van der Waals surface area contributed by atoms with Gasteiger partial charge in [-0.25, -0.2) is 4.98 Å². The Balaban J connectivity index is 1.53. The van der Waals surface area contributed by atoms with E-state index in [1.807, 2.05) is 0 Å². The van der Waals surface area contributed by atoms with Crippen molar-refractivity contribution in [2.45, 2.75) is 32.1 Å². The SMILES string of the molecule is O=C(NCCc1ccc(OC(F)F)cc1)C1CCCN(c2ncccc2C(F)(F)F)C1. The lowest BCUT2D eigenvalue weighted by Gasteiger charge is -2.34. The van der Waals surface area contributed by atoms with Crippen molar-refractivity contribution in [1.82, 2.24) is 10.3 Å². The maximum Gasteiger partial charge on any atom is 0.419 e. The molecule has 0 spiro atoms. The number of amides is 1. The van der Waals surface area contributed by atoms with Crippen molar-refractivity contribution >= 4 is 11.7 Å². The summed E-state index contributed by atoms with van der Waals surface area (Å²) in [4.78, 5) is 18.0. The number of carbonyl (C=O) groups excluding carboxylic acids is 1. The van der Waals surface area contributed by atoms with Gasteiger partial charge in [-0.1, -0.05) is 12.1 Å². The van der Waals surface area contributed by atoms with Crippen LogP contribution in [0.2, 0.25) is 0 Å². The molecule has 1 atom stereocenters. The summed E-state index contributed by atoms with van der Waals surface area (Å²) in [6.07, 6.45) is -1.57. The van der Waals surface area contributed by atoms with E-state index in [0.717, 1.165) is 11.6 Å². The van der Waals surface area contributed by atoms with Gasteiger partial charge in [0, 0.05) is 25.8 Å². The van der Waals surface area contributed by atoms with Gasteiger partial charge in [0.25, 0.3) is 0 Å². The van der Waals surface area contributed by atoms with Crippen LogP contribution in [0.25, 0.3) is 0 Å². The second kappa shape index (κ2) is 9.93. The summed E-state index contributed by atoms with van der Waals surface area (Å²) in [5, 5.41) is 2.81.